The molecule has 5 N–H and O–H groups in total. The molecule has 41 heavy (non-hydrogen) atoms. The summed E-state index contributed by atoms with van der Waals surface area (Å²) in [6.45, 7) is 1.94. The Morgan fingerprint density at radius 3 is 2.32 bits per heavy atom. The maximum Gasteiger partial charge on any atom is 0.412 e. The molecular formula is C31H27Br2N3O5. The van der Waals surface area contributed by atoms with Crippen LogP contribution in [0, 0.1) is 6.92 Å². The van der Waals surface area contributed by atoms with Crippen LogP contribution < -0.4 is 21.1 Å². The first-order valence-corrected chi connectivity index (χ1v) is 14.1. The Kier molecular flexibility index (Phi) is 10.0. The van der Waals surface area contributed by atoms with Crippen molar-refractivity contribution in [1.82, 2.24) is 0 Å². The third-order valence-corrected chi connectivity index (χ3v) is 6.93. The Morgan fingerprint density at radius 2 is 1.61 bits per heavy atom. The summed E-state index contributed by atoms with van der Waals surface area (Å²) in [5.74, 6) is -0.180. The van der Waals surface area contributed by atoms with Crippen molar-refractivity contribution in [3.63, 3.8) is 0 Å². The molecule has 8 nitrogen and oxygen atoms in total. The van der Waals surface area contributed by atoms with E-state index in [1.165, 1.54) is 12.2 Å². The Labute approximate surface area is 254 Å². The third-order valence-electron chi connectivity index (χ3n) is 5.87. The number of halogens is 2. The SMILES string of the molecule is Cc1ccc(NC(=O)O[C@@H](c2cc(Br)cc(Br)c2O)[C@H](/C=C/C(=O)Nc2ccccc2N)Oc2ccccc2)cc1. The van der Waals surface area contributed by atoms with Crippen LogP contribution in [0.5, 0.6) is 11.5 Å². The molecule has 0 aliphatic rings. The maximum absolute atomic E-state index is 13.1. The predicted molar refractivity (Wildman–Crippen MR) is 167 cm³/mol. The van der Waals surface area contributed by atoms with E-state index in [4.69, 9.17) is 15.2 Å². The van der Waals surface area contributed by atoms with Crippen LogP contribution in [0.25, 0.3) is 0 Å². The van der Waals surface area contributed by atoms with Crippen LogP contribution in [-0.2, 0) is 9.53 Å². The number of ether oxygens (including phenoxy) is 2. The van der Waals surface area contributed by atoms with Crippen LogP contribution in [0.2, 0.25) is 0 Å². The van der Waals surface area contributed by atoms with Crippen molar-refractivity contribution in [2.24, 2.45) is 0 Å². The minimum Gasteiger partial charge on any atom is -0.506 e. The highest BCUT2D eigenvalue weighted by Gasteiger charge is 2.31. The number of nitrogens with two attached hydrogens (primary N) is 1. The number of hydrogen-bond acceptors (Lipinski definition) is 6. The Hall–Kier alpha value is -4.28. The first kappa shape index (κ1) is 29.7. The zero-order valence-electron chi connectivity index (χ0n) is 21.9. The monoisotopic (exact) mass is 679 g/mol. The lowest BCUT2D eigenvalue weighted by Crippen LogP contribution is -2.30. The van der Waals surface area contributed by atoms with Gasteiger partial charge in [-0.05, 0) is 77.5 Å². The van der Waals surface area contributed by atoms with E-state index in [2.05, 4.69) is 42.5 Å². The van der Waals surface area contributed by atoms with E-state index < -0.39 is 24.2 Å². The van der Waals surface area contributed by atoms with Crippen LogP contribution in [0.3, 0.4) is 0 Å². The van der Waals surface area contributed by atoms with Crippen molar-refractivity contribution >= 4 is 60.9 Å². The summed E-state index contributed by atoms with van der Waals surface area (Å²) >= 11 is 6.78. The number of anilines is 3. The number of aryl methyl sites for hydroxylation is 1. The molecule has 0 heterocycles. The van der Waals surface area contributed by atoms with Crippen molar-refractivity contribution in [2.45, 2.75) is 19.1 Å². The van der Waals surface area contributed by atoms with Crippen molar-refractivity contribution < 1.29 is 24.2 Å². The van der Waals surface area contributed by atoms with Crippen LogP contribution >= 0.6 is 31.9 Å². The van der Waals surface area contributed by atoms with Gasteiger partial charge in [0.25, 0.3) is 0 Å². The largest absolute Gasteiger partial charge is 0.506 e. The number of benzene rings is 4. The number of carbonyl (C=O) groups is 2. The van der Waals surface area contributed by atoms with Crippen molar-refractivity contribution in [2.75, 3.05) is 16.4 Å². The second-order valence-corrected chi connectivity index (χ2v) is 10.7. The molecule has 0 unspecified atom stereocenters. The molecule has 0 aromatic heterocycles. The summed E-state index contributed by atoms with van der Waals surface area (Å²) in [5.41, 5.74) is 8.60. The highest BCUT2D eigenvalue weighted by atomic mass is 79.9. The van der Waals surface area contributed by atoms with Crippen LogP contribution in [0.15, 0.2) is 112 Å². The number of aromatic hydroxyl groups is 1. The maximum atomic E-state index is 13.1. The first-order chi connectivity index (χ1) is 19.7. The molecule has 4 aromatic rings. The molecule has 0 aliphatic heterocycles. The highest BCUT2D eigenvalue weighted by molar-refractivity contribution is 9.11. The molecule has 10 heteroatoms. The van der Waals surface area contributed by atoms with Crippen molar-refractivity contribution in [3.05, 3.63) is 123 Å². The van der Waals surface area contributed by atoms with Gasteiger partial charge in [-0.15, -0.1) is 0 Å². The van der Waals surface area contributed by atoms with Gasteiger partial charge in [0.05, 0.1) is 15.8 Å². The van der Waals surface area contributed by atoms with Gasteiger partial charge in [-0.3, -0.25) is 10.1 Å². The molecule has 2 atom stereocenters. The average molecular weight is 681 g/mol. The Morgan fingerprint density at radius 1 is 0.927 bits per heavy atom. The minimum atomic E-state index is -1.19. The van der Waals surface area contributed by atoms with E-state index in [0.29, 0.717) is 31.8 Å². The fraction of sp³-hybridized carbons (Fsp3) is 0.0968. The number of phenolic OH excluding ortho intramolecular Hbond substituents is 1. The second-order valence-electron chi connectivity index (χ2n) is 8.97. The number of nitrogen functional groups attached to an aromatic ring is 1. The molecule has 210 valence electrons. The molecule has 0 radical (unpaired) electrons. The zero-order chi connectivity index (χ0) is 29.4. The topological polar surface area (TPSA) is 123 Å². The summed E-state index contributed by atoms with van der Waals surface area (Å²) in [6.07, 6.45) is -0.309. The molecule has 2 amide bonds. The summed E-state index contributed by atoms with van der Waals surface area (Å²) in [5, 5.41) is 16.4. The minimum absolute atomic E-state index is 0.155. The summed E-state index contributed by atoms with van der Waals surface area (Å²) in [7, 11) is 0. The number of para-hydroxylation sites is 3. The lowest BCUT2D eigenvalue weighted by atomic mass is 10.0. The molecule has 0 spiro atoms. The first-order valence-electron chi connectivity index (χ1n) is 12.5. The van der Waals surface area contributed by atoms with E-state index in [-0.39, 0.29) is 11.3 Å². The fourth-order valence-electron chi connectivity index (χ4n) is 3.84. The summed E-state index contributed by atoms with van der Waals surface area (Å²) < 4.78 is 13.1. The van der Waals surface area contributed by atoms with Gasteiger partial charge < -0.3 is 25.6 Å². The quantitative estimate of drug-likeness (QED) is 0.106. The lowest BCUT2D eigenvalue weighted by molar-refractivity contribution is -0.112. The predicted octanol–water partition coefficient (Wildman–Crippen LogP) is 7.74. The van der Waals surface area contributed by atoms with E-state index in [1.807, 2.05) is 25.1 Å². The normalized spacial score (nSPS) is 12.4. The lowest BCUT2D eigenvalue weighted by Gasteiger charge is -2.27. The highest BCUT2D eigenvalue weighted by Crippen LogP contribution is 2.39. The van der Waals surface area contributed by atoms with E-state index >= 15 is 0 Å². The molecule has 0 saturated carbocycles. The van der Waals surface area contributed by atoms with Gasteiger partial charge in [0.2, 0.25) is 5.91 Å². The molecular weight excluding hydrogens is 654 g/mol. The third kappa shape index (κ3) is 8.36. The zero-order valence-corrected chi connectivity index (χ0v) is 25.1. The van der Waals surface area contributed by atoms with Crippen molar-refractivity contribution in [3.8, 4) is 11.5 Å². The average Bonchev–Trinajstić information content (AvgIpc) is 2.95. The van der Waals surface area contributed by atoms with E-state index in [1.54, 1.807) is 72.8 Å². The van der Waals surface area contributed by atoms with Gasteiger partial charge in [-0.25, -0.2) is 4.79 Å². The standard InChI is InChI=1S/C31H27Br2N3O5/c1-19-11-13-21(14-12-19)35-31(39)41-30(23-17-20(32)18-24(33)29(23)38)27(40-22-7-3-2-4-8-22)15-16-28(37)36-26-10-6-5-9-25(26)34/h2-18,27,30,38H,34H2,1H3,(H,35,39)(H,36,37)/b16-15+/t27-,30-/m0/s1. The fourth-order valence-corrected chi connectivity index (χ4v) is 5.09. The Balaban J connectivity index is 1.70. The molecule has 4 aromatic carbocycles. The number of nitrogens with one attached hydrogen (secondary N) is 2. The summed E-state index contributed by atoms with van der Waals surface area (Å²) in [6, 6.07) is 26.2. The van der Waals surface area contributed by atoms with Crippen LogP contribution in [-0.4, -0.2) is 23.2 Å². The van der Waals surface area contributed by atoms with Gasteiger partial charge in [-0.1, -0.05) is 64.0 Å². The number of amides is 2. The van der Waals surface area contributed by atoms with Crippen molar-refractivity contribution in [1.29, 1.82) is 0 Å². The summed E-state index contributed by atoms with van der Waals surface area (Å²) in [4.78, 5) is 26.0. The molecule has 0 aliphatic carbocycles. The molecule has 4 rings (SSSR count). The van der Waals surface area contributed by atoms with Gasteiger partial charge in [0.15, 0.2) is 12.2 Å². The van der Waals surface area contributed by atoms with Gasteiger partial charge in [0, 0.05) is 21.8 Å². The van der Waals surface area contributed by atoms with E-state index in [0.717, 1.165) is 5.56 Å². The van der Waals surface area contributed by atoms with Gasteiger partial charge >= 0.3 is 6.09 Å². The van der Waals surface area contributed by atoms with Crippen LogP contribution in [0.4, 0.5) is 21.9 Å². The van der Waals surface area contributed by atoms with E-state index in [9.17, 15) is 14.7 Å². The Bertz CT molecular complexity index is 1550. The number of hydrogen-bond donors (Lipinski definition) is 4. The number of phenols is 1. The smallest absolute Gasteiger partial charge is 0.412 e. The van der Waals surface area contributed by atoms with Crippen LogP contribution in [0.1, 0.15) is 17.2 Å². The molecule has 0 fully saturated rings. The molecule has 0 bridgehead atoms. The van der Waals surface area contributed by atoms with Gasteiger partial charge in [0.1, 0.15) is 11.5 Å². The second kappa shape index (κ2) is 13.9. The molecule has 0 saturated heterocycles. The number of rotatable bonds is 9. The number of carbonyl (C=O) groups excluding carboxylic acids is 2. The van der Waals surface area contributed by atoms with Gasteiger partial charge in [-0.2, -0.15) is 0 Å².